The van der Waals surface area contributed by atoms with Crippen LogP contribution in [0.3, 0.4) is 0 Å². The van der Waals surface area contributed by atoms with Gasteiger partial charge in [0.25, 0.3) is 0 Å². The number of Topliss-reactive ketones (excluding diaryl/α,β-unsaturated/α-hetero) is 1. The number of hydrogen-bond acceptors (Lipinski definition) is 5. The molecular weight excluding hydrogens is 366 g/mol. The van der Waals surface area contributed by atoms with Crippen LogP contribution in [0, 0.1) is 0 Å². The van der Waals surface area contributed by atoms with E-state index < -0.39 is 0 Å². The Kier molecular flexibility index (Phi) is 5.09. The minimum atomic E-state index is -0.222. The quantitative estimate of drug-likeness (QED) is 0.790. The fraction of sp³-hybridized carbons (Fsp3) is 0.375. The summed E-state index contributed by atoms with van der Waals surface area (Å²) in [6, 6.07) is 11.0. The number of ether oxygens (including phenoxy) is 2. The number of rotatable bonds is 4. The molecule has 2 aliphatic heterocycles. The molecular formula is C24H27NO4. The zero-order valence-electron chi connectivity index (χ0n) is 17.1. The molecule has 5 nitrogen and oxygen atoms in total. The Morgan fingerprint density at radius 3 is 2.52 bits per heavy atom. The second kappa shape index (κ2) is 7.56. The Bertz CT molecular complexity index is 950. The third kappa shape index (κ3) is 3.75. The van der Waals surface area contributed by atoms with Crippen molar-refractivity contribution >= 4 is 5.78 Å². The van der Waals surface area contributed by atoms with E-state index in [1.165, 1.54) is 0 Å². The largest absolute Gasteiger partial charge is 0.508 e. The van der Waals surface area contributed by atoms with E-state index in [1.807, 2.05) is 31.2 Å². The van der Waals surface area contributed by atoms with Crippen LogP contribution in [0.25, 0.3) is 0 Å². The summed E-state index contributed by atoms with van der Waals surface area (Å²) in [5.74, 6) is 1.84. The first-order valence-corrected chi connectivity index (χ1v) is 9.99. The molecule has 0 amide bonds. The molecule has 0 aliphatic carbocycles. The van der Waals surface area contributed by atoms with Crippen LogP contribution < -0.4 is 9.47 Å². The van der Waals surface area contributed by atoms with Crippen LogP contribution in [-0.4, -0.2) is 34.5 Å². The van der Waals surface area contributed by atoms with E-state index in [-0.39, 0.29) is 29.7 Å². The van der Waals surface area contributed by atoms with Crippen LogP contribution in [0.1, 0.15) is 43.6 Å². The third-order valence-corrected chi connectivity index (χ3v) is 6.04. The van der Waals surface area contributed by atoms with Crippen molar-refractivity contribution in [1.82, 2.24) is 4.90 Å². The summed E-state index contributed by atoms with van der Waals surface area (Å²) in [5.41, 5.74) is 4.30. The summed E-state index contributed by atoms with van der Waals surface area (Å²) >= 11 is 0. The monoisotopic (exact) mass is 393 g/mol. The summed E-state index contributed by atoms with van der Waals surface area (Å²) in [4.78, 5) is 14.5. The van der Waals surface area contributed by atoms with E-state index in [0.717, 1.165) is 33.8 Å². The van der Waals surface area contributed by atoms with Gasteiger partial charge < -0.3 is 14.6 Å². The average molecular weight is 393 g/mol. The number of aromatic hydroxyl groups is 1. The minimum Gasteiger partial charge on any atom is -0.508 e. The molecule has 0 radical (unpaired) electrons. The van der Waals surface area contributed by atoms with Crippen molar-refractivity contribution in [2.45, 2.75) is 51.9 Å². The van der Waals surface area contributed by atoms with Gasteiger partial charge in [0.15, 0.2) is 17.6 Å². The highest BCUT2D eigenvalue weighted by atomic mass is 16.6. The molecule has 2 aromatic carbocycles. The Balaban J connectivity index is 1.63. The zero-order chi connectivity index (χ0) is 20.7. The molecule has 29 heavy (non-hydrogen) atoms. The van der Waals surface area contributed by atoms with Crippen molar-refractivity contribution in [2.24, 2.45) is 0 Å². The molecule has 0 aromatic heterocycles. The highest BCUT2D eigenvalue weighted by molar-refractivity contribution is 5.82. The lowest BCUT2D eigenvalue weighted by Crippen LogP contribution is -2.49. The zero-order valence-corrected chi connectivity index (χ0v) is 17.1. The molecule has 152 valence electrons. The van der Waals surface area contributed by atoms with E-state index in [4.69, 9.17) is 9.47 Å². The molecule has 4 rings (SSSR count). The average Bonchev–Trinajstić information content (AvgIpc) is 2.70. The van der Waals surface area contributed by atoms with Crippen molar-refractivity contribution in [2.75, 3.05) is 6.61 Å². The van der Waals surface area contributed by atoms with Crippen molar-refractivity contribution in [3.8, 4) is 17.2 Å². The molecule has 0 fully saturated rings. The van der Waals surface area contributed by atoms with E-state index in [1.54, 1.807) is 19.1 Å². The predicted molar refractivity (Wildman–Crippen MR) is 111 cm³/mol. The molecule has 2 aliphatic rings. The smallest absolute Gasteiger partial charge is 0.162 e. The van der Waals surface area contributed by atoms with Crippen molar-refractivity contribution in [1.29, 1.82) is 0 Å². The first kappa shape index (κ1) is 19.5. The SMILES string of the molecule is C=C(C)C(C)N1Cc2cc3c(cc2CC1C(C)=O)OCC(c1ccc(O)cc1)O3. The lowest BCUT2D eigenvalue weighted by atomic mass is 9.89. The van der Waals surface area contributed by atoms with Crippen LogP contribution in [0.4, 0.5) is 0 Å². The van der Waals surface area contributed by atoms with Gasteiger partial charge in [0, 0.05) is 12.6 Å². The van der Waals surface area contributed by atoms with Gasteiger partial charge in [-0.05, 0) is 68.1 Å². The van der Waals surface area contributed by atoms with Gasteiger partial charge in [-0.25, -0.2) is 0 Å². The number of carbonyl (C=O) groups excluding carboxylic acids is 1. The molecule has 0 saturated carbocycles. The molecule has 0 saturated heterocycles. The molecule has 5 heteroatoms. The van der Waals surface area contributed by atoms with Gasteiger partial charge in [-0.2, -0.15) is 0 Å². The molecule has 1 N–H and O–H groups in total. The lowest BCUT2D eigenvalue weighted by molar-refractivity contribution is -0.123. The second-order valence-electron chi connectivity index (χ2n) is 8.10. The number of phenolic OH excluding ortho intramolecular Hbond substituents is 1. The molecule has 3 unspecified atom stereocenters. The Morgan fingerprint density at radius 2 is 1.86 bits per heavy atom. The minimum absolute atomic E-state index is 0.120. The fourth-order valence-electron chi connectivity index (χ4n) is 4.09. The molecule has 2 heterocycles. The highest BCUT2D eigenvalue weighted by Gasteiger charge is 2.34. The second-order valence-corrected chi connectivity index (χ2v) is 8.10. The molecule has 0 spiro atoms. The summed E-state index contributed by atoms with van der Waals surface area (Å²) in [5, 5.41) is 9.51. The van der Waals surface area contributed by atoms with Crippen LogP contribution in [0.15, 0.2) is 48.6 Å². The Labute approximate surface area is 171 Å². The fourth-order valence-corrected chi connectivity index (χ4v) is 4.09. The van der Waals surface area contributed by atoms with E-state index >= 15 is 0 Å². The number of ketones is 1. The molecule has 2 aromatic rings. The third-order valence-electron chi connectivity index (χ3n) is 6.04. The number of hydrogen-bond donors (Lipinski definition) is 1. The number of carbonyl (C=O) groups is 1. The van der Waals surface area contributed by atoms with Crippen molar-refractivity contribution in [3.05, 3.63) is 65.2 Å². The summed E-state index contributed by atoms with van der Waals surface area (Å²) in [6.07, 6.45) is 0.445. The first-order valence-electron chi connectivity index (χ1n) is 9.99. The number of nitrogens with zero attached hydrogens (tertiary/aromatic N) is 1. The number of benzene rings is 2. The number of fused-ring (bicyclic) bond motifs is 2. The van der Waals surface area contributed by atoms with E-state index in [9.17, 15) is 9.90 Å². The maximum atomic E-state index is 12.3. The van der Waals surface area contributed by atoms with Gasteiger partial charge in [0.05, 0.1) is 6.04 Å². The maximum absolute atomic E-state index is 12.3. The molecule has 0 bridgehead atoms. The van der Waals surface area contributed by atoms with Crippen LogP contribution >= 0.6 is 0 Å². The van der Waals surface area contributed by atoms with Crippen LogP contribution in [0.2, 0.25) is 0 Å². The van der Waals surface area contributed by atoms with E-state index in [2.05, 4.69) is 18.4 Å². The Morgan fingerprint density at radius 1 is 1.17 bits per heavy atom. The standard InChI is InChI=1S/C24H27NO4/c1-14(2)15(3)25-12-19-11-23-22(10-18(19)9-21(25)16(4)26)28-13-24(29-23)17-5-7-20(27)8-6-17/h5-8,10-11,15,21,24,27H,1,9,12-13H2,2-4H3. The molecule has 3 atom stereocenters. The maximum Gasteiger partial charge on any atom is 0.162 e. The Hall–Kier alpha value is -2.79. The summed E-state index contributed by atoms with van der Waals surface area (Å²) in [7, 11) is 0. The number of phenols is 1. The van der Waals surface area contributed by atoms with Gasteiger partial charge in [-0.15, -0.1) is 0 Å². The van der Waals surface area contributed by atoms with E-state index in [0.29, 0.717) is 19.6 Å². The van der Waals surface area contributed by atoms with Crippen molar-refractivity contribution in [3.63, 3.8) is 0 Å². The van der Waals surface area contributed by atoms with Gasteiger partial charge in [-0.3, -0.25) is 9.69 Å². The summed E-state index contributed by atoms with van der Waals surface area (Å²) in [6.45, 7) is 10.9. The van der Waals surface area contributed by atoms with Crippen LogP contribution in [0.5, 0.6) is 17.2 Å². The van der Waals surface area contributed by atoms with Gasteiger partial charge in [0.2, 0.25) is 0 Å². The topological polar surface area (TPSA) is 59.0 Å². The first-order chi connectivity index (χ1) is 13.8. The van der Waals surface area contributed by atoms with Gasteiger partial charge >= 0.3 is 0 Å². The normalized spacial score (nSPS) is 21.9. The summed E-state index contributed by atoms with van der Waals surface area (Å²) < 4.78 is 12.2. The lowest BCUT2D eigenvalue weighted by Gasteiger charge is -2.40. The van der Waals surface area contributed by atoms with Crippen molar-refractivity contribution < 1.29 is 19.4 Å². The van der Waals surface area contributed by atoms with Gasteiger partial charge in [-0.1, -0.05) is 24.3 Å². The highest BCUT2D eigenvalue weighted by Crippen LogP contribution is 2.41. The van der Waals surface area contributed by atoms with Gasteiger partial charge in [0.1, 0.15) is 18.1 Å². The predicted octanol–water partition coefficient (Wildman–Crippen LogP) is 4.19. The van der Waals surface area contributed by atoms with Crippen LogP contribution in [-0.2, 0) is 17.8 Å².